The van der Waals surface area contributed by atoms with Gasteiger partial charge in [-0.2, -0.15) is 0 Å². The van der Waals surface area contributed by atoms with Crippen LogP contribution in [0.25, 0.3) is 22.2 Å². The van der Waals surface area contributed by atoms with Crippen LogP contribution in [0.4, 0.5) is 0 Å². The summed E-state index contributed by atoms with van der Waals surface area (Å²) >= 11 is 0. The van der Waals surface area contributed by atoms with Crippen LogP contribution in [0.2, 0.25) is 0 Å². The van der Waals surface area contributed by atoms with Crippen LogP contribution >= 0.6 is 0 Å². The summed E-state index contributed by atoms with van der Waals surface area (Å²) < 4.78 is 10.9. The molecular weight excluding hydrogens is 262 g/mol. The minimum absolute atomic E-state index is 0.615. The van der Waals surface area contributed by atoms with Crippen LogP contribution in [0.5, 0.6) is 11.5 Å². The van der Waals surface area contributed by atoms with Gasteiger partial charge in [-0.05, 0) is 37.3 Å². The number of benzene rings is 2. The molecule has 106 valence electrons. The fourth-order valence-electron chi connectivity index (χ4n) is 2.33. The summed E-state index contributed by atoms with van der Waals surface area (Å²) in [5, 5.41) is 1.14. The molecule has 0 saturated heterocycles. The second-order valence-electron chi connectivity index (χ2n) is 4.69. The molecule has 21 heavy (non-hydrogen) atoms. The number of rotatable bonds is 4. The molecule has 0 aliphatic heterocycles. The van der Waals surface area contributed by atoms with Gasteiger partial charge < -0.3 is 9.47 Å². The van der Waals surface area contributed by atoms with Crippen molar-refractivity contribution in [1.82, 2.24) is 4.98 Å². The van der Waals surface area contributed by atoms with Gasteiger partial charge in [0.2, 0.25) is 0 Å². The van der Waals surface area contributed by atoms with Crippen molar-refractivity contribution in [3.63, 3.8) is 0 Å². The summed E-state index contributed by atoms with van der Waals surface area (Å²) in [6.07, 6.45) is 0. The average Bonchev–Trinajstić information content (AvgIpc) is 2.55. The van der Waals surface area contributed by atoms with E-state index >= 15 is 0 Å². The van der Waals surface area contributed by atoms with E-state index in [1.165, 1.54) is 0 Å². The topological polar surface area (TPSA) is 31.4 Å². The monoisotopic (exact) mass is 279 g/mol. The van der Waals surface area contributed by atoms with Crippen LogP contribution in [0.3, 0.4) is 0 Å². The molecule has 2 aromatic carbocycles. The van der Waals surface area contributed by atoms with E-state index in [2.05, 4.69) is 12.1 Å². The van der Waals surface area contributed by atoms with E-state index in [9.17, 15) is 0 Å². The number of ether oxygens (including phenoxy) is 2. The Kier molecular flexibility index (Phi) is 3.73. The molecular formula is C18H17NO2. The molecule has 0 aliphatic carbocycles. The lowest BCUT2D eigenvalue weighted by atomic mass is 10.1. The first-order valence-electron chi connectivity index (χ1n) is 6.99. The first kappa shape index (κ1) is 13.4. The first-order chi connectivity index (χ1) is 10.3. The summed E-state index contributed by atoms with van der Waals surface area (Å²) in [4.78, 5) is 4.70. The molecule has 3 rings (SSSR count). The van der Waals surface area contributed by atoms with Gasteiger partial charge in [-0.1, -0.05) is 24.3 Å². The highest BCUT2D eigenvalue weighted by molar-refractivity contribution is 5.81. The Morgan fingerprint density at radius 1 is 0.952 bits per heavy atom. The largest absolute Gasteiger partial charge is 0.493 e. The molecule has 0 amide bonds. The van der Waals surface area contributed by atoms with Crippen molar-refractivity contribution in [2.75, 3.05) is 13.7 Å². The van der Waals surface area contributed by atoms with Gasteiger partial charge in [-0.15, -0.1) is 0 Å². The summed E-state index contributed by atoms with van der Waals surface area (Å²) in [6.45, 7) is 2.57. The number of aromatic nitrogens is 1. The lowest BCUT2D eigenvalue weighted by Crippen LogP contribution is -1.95. The third-order valence-corrected chi connectivity index (χ3v) is 3.36. The molecule has 0 atom stereocenters. The van der Waals surface area contributed by atoms with Gasteiger partial charge in [0.15, 0.2) is 11.5 Å². The zero-order chi connectivity index (χ0) is 14.7. The van der Waals surface area contributed by atoms with Crippen LogP contribution in [0, 0.1) is 0 Å². The van der Waals surface area contributed by atoms with Crippen molar-refractivity contribution in [2.24, 2.45) is 0 Å². The molecule has 0 radical (unpaired) electrons. The van der Waals surface area contributed by atoms with Gasteiger partial charge in [0.05, 0.1) is 24.9 Å². The normalized spacial score (nSPS) is 10.6. The van der Waals surface area contributed by atoms with Crippen molar-refractivity contribution >= 4 is 10.9 Å². The first-order valence-corrected chi connectivity index (χ1v) is 6.99. The van der Waals surface area contributed by atoms with Crippen molar-refractivity contribution in [2.45, 2.75) is 6.92 Å². The van der Waals surface area contributed by atoms with Crippen molar-refractivity contribution in [1.29, 1.82) is 0 Å². The highest BCUT2D eigenvalue weighted by atomic mass is 16.5. The Balaban J connectivity index is 2.05. The Hall–Kier alpha value is -2.55. The van der Waals surface area contributed by atoms with Gasteiger partial charge in [0.1, 0.15) is 0 Å². The van der Waals surface area contributed by atoms with Crippen molar-refractivity contribution < 1.29 is 9.47 Å². The molecule has 3 heteroatoms. The van der Waals surface area contributed by atoms with Crippen LogP contribution in [0.1, 0.15) is 6.92 Å². The zero-order valence-corrected chi connectivity index (χ0v) is 12.2. The molecule has 3 aromatic rings. The molecule has 0 unspecified atom stereocenters. The van der Waals surface area contributed by atoms with Gasteiger partial charge in [-0.25, -0.2) is 4.98 Å². The molecule has 0 saturated carbocycles. The smallest absolute Gasteiger partial charge is 0.161 e. The molecule has 0 aliphatic rings. The van der Waals surface area contributed by atoms with Crippen LogP contribution in [0.15, 0.2) is 54.6 Å². The number of hydrogen-bond acceptors (Lipinski definition) is 3. The van der Waals surface area contributed by atoms with Gasteiger partial charge >= 0.3 is 0 Å². The van der Waals surface area contributed by atoms with Crippen LogP contribution in [-0.4, -0.2) is 18.7 Å². The fourth-order valence-corrected chi connectivity index (χ4v) is 2.33. The predicted molar refractivity (Wildman–Crippen MR) is 84.9 cm³/mol. The summed E-state index contributed by atoms with van der Waals surface area (Å²) in [5.41, 5.74) is 2.93. The molecule has 3 nitrogen and oxygen atoms in total. The Labute approximate surface area is 124 Å². The van der Waals surface area contributed by atoms with E-state index in [4.69, 9.17) is 14.5 Å². The summed E-state index contributed by atoms with van der Waals surface area (Å²) in [6, 6.07) is 18.1. The third-order valence-electron chi connectivity index (χ3n) is 3.36. The van der Waals surface area contributed by atoms with Crippen LogP contribution in [-0.2, 0) is 0 Å². The number of nitrogens with zero attached hydrogens (tertiary/aromatic N) is 1. The van der Waals surface area contributed by atoms with Gasteiger partial charge in [0.25, 0.3) is 0 Å². The maximum absolute atomic E-state index is 5.54. The molecule has 1 aromatic heterocycles. The zero-order valence-electron chi connectivity index (χ0n) is 12.2. The van der Waals surface area contributed by atoms with Gasteiger partial charge in [0, 0.05) is 10.9 Å². The molecule has 0 bridgehead atoms. The number of fused-ring (bicyclic) bond motifs is 1. The predicted octanol–water partition coefficient (Wildman–Crippen LogP) is 4.31. The van der Waals surface area contributed by atoms with E-state index in [1.54, 1.807) is 7.11 Å². The quantitative estimate of drug-likeness (QED) is 0.713. The lowest BCUT2D eigenvalue weighted by molar-refractivity contribution is 0.311. The maximum Gasteiger partial charge on any atom is 0.161 e. The second kappa shape index (κ2) is 5.83. The Morgan fingerprint density at radius 2 is 1.81 bits per heavy atom. The number of methoxy groups -OCH3 is 1. The summed E-state index contributed by atoms with van der Waals surface area (Å²) in [7, 11) is 1.65. The molecule has 0 fully saturated rings. The minimum atomic E-state index is 0.615. The van der Waals surface area contributed by atoms with E-state index in [1.807, 2.05) is 49.4 Å². The standard InChI is InChI=1S/C18H17NO2/c1-3-21-17-11-9-14(12-18(17)20-2)16-10-8-13-6-4-5-7-15(13)19-16/h4-12H,3H2,1-2H3. The molecule has 0 spiro atoms. The van der Waals surface area contributed by atoms with E-state index < -0.39 is 0 Å². The highest BCUT2D eigenvalue weighted by Gasteiger charge is 2.08. The van der Waals surface area contributed by atoms with E-state index in [0.717, 1.165) is 33.7 Å². The lowest BCUT2D eigenvalue weighted by Gasteiger charge is -2.11. The molecule has 0 N–H and O–H groups in total. The SMILES string of the molecule is CCOc1ccc(-c2ccc3ccccc3n2)cc1OC. The summed E-state index contributed by atoms with van der Waals surface area (Å²) in [5.74, 6) is 1.48. The number of hydrogen-bond donors (Lipinski definition) is 0. The van der Waals surface area contributed by atoms with Crippen LogP contribution < -0.4 is 9.47 Å². The highest BCUT2D eigenvalue weighted by Crippen LogP contribution is 2.32. The van der Waals surface area contributed by atoms with E-state index in [0.29, 0.717) is 6.61 Å². The molecule has 1 heterocycles. The number of para-hydroxylation sites is 1. The number of pyridine rings is 1. The second-order valence-corrected chi connectivity index (χ2v) is 4.69. The Bertz CT molecular complexity index is 768. The minimum Gasteiger partial charge on any atom is -0.493 e. The van der Waals surface area contributed by atoms with E-state index in [-0.39, 0.29) is 0 Å². The Morgan fingerprint density at radius 3 is 2.62 bits per heavy atom. The maximum atomic E-state index is 5.54. The van der Waals surface area contributed by atoms with Crippen molar-refractivity contribution in [3.05, 3.63) is 54.6 Å². The fraction of sp³-hybridized carbons (Fsp3) is 0.167. The van der Waals surface area contributed by atoms with Crippen molar-refractivity contribution in [3.8, 4) is 22.8 Å². The van der Waals surface area contributed by atoms with Gasteiger partial charge in [-0.3, -0.25) is 0 Å². The average molecular weight is 279 g/mol. The third kappa shape index (κ3) is 2.68.